The maximum absolute atomic E-state index is 3.98. The first-order valence-corrected chi connectivity index (χ1v) is 4.71. The minimum absolute atomic E-state index is 0.727. The lowest BCUT2D eigenvalue weighted by Crippen LogP contribution is -2.06. The predicted molar refractivity (Wildman–Crippen MR) is 54.7 cm³/mol. The van der Waals surface area contributed by atoms with Crippen LogP contribution < -0.4 is 5.32 Å². The highest BCUT2D eigenvalue weighted by atomic mass is 15.2. The summed E-state index contributed by atoms with van der Waals surface area (Å²) in [7, 11) is 0. The Morgan fingerprint density at radius 2 is 2.23 bits per heavy atom. The molecule has 0 aliphatic heterocycles. The van der Waals surface area contributed by atoms with Crippen molar-refractivity contribution in [2.24, 2.45) is 5.92 Å². The molecule has 1 rings (SSSR count). The highest BCUT2D eigenvalue weighted by Gasteiger charge is 1.96. The highest BCUT2D eigenvalue weighted by Crippen LogP contribution is 2.05. The van der Waals surface area contributed by atoms with Gasteiger partial charge in [0.05, 0.1) is 6.20 Å². The molecule has 0 bridgehead atoms. The zero-order valence-corrected chi connectivity index (χ0v) is 8.54. The van der Waals surface area contributed by atoms with E-state index in [1.165, 1.54) is 0 Å². The average molecular weight is 179 g/mol. The van der Waals surface area contributed by atoms with Gasteiger partial charge in [-0.1, -0.05) is 13.8 Å². The van der Waals surface area contributed by atoms with Gasteiger partial charge in [0.2, 0.25) is 0 Å². The Bertz CT molecular complexity index is 258. The molecule has 3 heteroatoms. The van der Waals surface area contributed by atoms with Gasteiger partial charge in [0, 0.05) is 6.54 Å². The van der Waals surface area contributed by atoms with Gasteiger partial charge in [-0.15, -0.1) is 5.10 Å². The van der Waals surface area contributed by atoms with Crippen LogP contribution in [0.15, 0.2) is 12.3 Å². The van der Waals surface area contributed by atoms with Gasteiger partial charge in [0.1, 0.15) is 5.82 Å². The number of anilines is 1. The van der Waals surface area contributed by atoms with Crippen molar-refractivity contribution in [2.75, 3.05) is 11.9 Å². The fourth-order valence-corrected chi connectivity index (χ4v) is 1.04. The van der Waals surface area contributed by atoms with Crippen LogP contribution in [0.3, 0.4) is 0 Å². The Morgan fingerprint density at radius 3 is 2.85 bits per heavy atom. The molecule has 1 heterocycles. The number of rotatable bonds is 4. The van der Waals surface area contributed by atoms with Crippen LogP contribution in [0.1, 0.15) is 25.8 Å². The van der Waals surface area contributed by atoms with Crippen LogP contribution in [-0.4, -0.2) is 16.7 Å². The largest absolute Gasteiger partial charge is 0.369 e. The van der Waals surface area contributed by atoms with Crippen molar-refractivity contribution in [3.05, 3.63) is 17.8 Å². The first-order valence-electron chi connectivity index (χ1n) is 4.71. The quantitative estimate of drug-likeness (QED) is 0.770. The Labute approximate surface area is 79.6 Å². The number of hydrogen-bond acceptors (Lipinski definition) is 3. The molecule has 1 aromatic heterocycles. The first-order chi connectivity index (χ1) is 6.18. The fourth-order valence-electron chi connectivity index (χ4n) is 1.04. The van der Waals surface area contributed by atoms with Gasteiger partial charge in [-0.3, -0.25) is 0 Å². The van der Waals surface area contributed by atoms with Crippen LogP contribution >= 0.6 is 0 Å². The molecule has 0 spiro atoms. The third kappa shape index (κ3) is 3.87. The van der Waals surface area contributed by atoms with Gasteiger partial charge in [-0.05, 0) is 30.9 Å². The molecule has 3 nitrogen and oxygen atoms in total. The maximum Gasteiger partial charge on any atom is 0.148 e. The molecule has 1 aromatic rings. The SMILES string of the molecule is Cc1cnnc(NCCC(C)C)c1. The first kappa shape index (κ1) is 9.96. The number of nitrogens with zero attached hydrogens (tertiary/aromatic N) is 2. The summed E-state index contributed by atoms with van der Waals surface area (Å²) in [6, 6.07) is 2.01. The molecule has 0 saturated heterocycles. The van der Waals surface area contributed by atoms with E-state index in [1.54, 1.807) is 6.20 Å². The van der Waals surface area contributed by atoms with Crippen LogP contribution in [-0.2, 0) is 0 Å². The zero-order valence-electron chi connectivity index (χ0n) is 8.54. The summed E-state index contributed by atoms with van der Waals surface area (Å²) in [6.45, 7) is 7.41. The molecule has 0 amide bonds. The van der Waals surface area contributed by atoms with Crippen molar-refractivity contribution in [3.8, 4) is 0 Å². The average Bonchev–Trinajstić information content (AvgIpc) is 2.03. The zero-order chi connectivity index (χ0) is 9.68. The topological polar surface area (TPSA) is 37.8 Å². The third-order valence-electron chi connectivity index (χ3n) is 1.82. The van der Waals surface area contributed by atoms with Crippen LogP contribution in [0, 0.1) is 12.8 Å². The van der Waals surface area contributed by atoms with E-state index in [4.69, 9.17) is 0 Å². The van der Waals surface area contributed by atoms with Crippen LogP contribution in [0.2, 0.25) is 0 Å². The smallest absolute Gasteiger partial charge is 0.148 e. The summed E-state index contributed by atoms with van der Waals surface area (Å²) in [4.78, 5) is 0. The Balaban J connectivity index is 2.37. The molecular formula is C10H17N3. The molecule has 0 saturated carbocycles. The Kier molecular flexibility index (Phi) is 3.68. The highest BCUT2D eigenvalue weighted by molar-refractivity contribution is 5.34. The van der Waals surface area contributed by atoms with Gasteiger partial charge in [0.25, 0.3) is 0 Å². The van der Waals surface area contributed by atoms with Crippen molar-refractivity contribution in [2.45, 2.75) is 27.2 Å². The Hall–Kier alpha value is -1.12. The summed E-state index contributed by atoms with van der Waals surface area (Å²) in [5.41, 5.74) is 1.14. The van der Waals surface area contributed by atoms with E-state index >= 15 is 0 Å². The second kappa shape index (κ2) is 4.80. The van der Waals surface area contributed by atoms with Crippen LogP contribution in [0.25, 0.3) is 0 Å². The summed E-state index contributed by atoms with van der Waals surface area (Å²) >= 11 is 0. The molecule has 13 heavy (non-hydrogen) atoms. The van der Waals surface area contributed by atoms with E-state index in [2.05, 4.69) is 29.4 Å². The molecule has 0 unspecified atom stereocenters. The molecule has 0 aliphatic rings. The van der Waals surface area contributed by atoms with Crippen molar-refractivity contribution in [1.29, 1.82) is 0 Å². The van der Waals surface area contributed by atoms with Gasteiger partial charge < -0.3 is 5.32 Å². The fraction of sp³-hybridized carbons (Fsp3) is 0.600. The minimum atomic E-state index is 0.727. The molecule has 0 aromatic carbocycles. The molecule has 0 radical (unpaired) electrons. The standard InChI is InChI=1S/C10H17N3/c1-8(2)4-5-11-10-6-9(3)7-12-13-10/h6-8H,4-5H2,1-3H3,(H,11,13). The number of aromatic nitrogens is 2. The lowest BCUT2D eigenvalue weighted by molar-refractivity contribution is 0.606. The molecule has 72 valence electrons. The summed E-state index contributed by atoms with van der Waals surface area (Å²) in [5, 5.41) is 11.1. The third-order valence-corrected chi connectivity index (χ3v) is 1.82. The van der Waals surface area contributed by atoms with Crippen molar-refractivity contribution in [1.82, 2.24) is 10.2 Å². The number of aryl methyl sites for hydroxylation is 1. The van der Waals surface area contributed by atoms with Crippen LogP contribution in [0.4, 0.5) is 5.82 Å². The maximum atomic E-state index is 3.98. The second-order valence-corrected chi connectivity index (χ2v) is 3.73. The second-order valence-electron chi connectivity index (χ2n) is 3.73. The van der Waals surface area contributed by atoms with Gasteiger partial charge in [-0.25, -0.2) is 0 Å². The predicted octanol–water partition coefficient (Wildman–Crippen LogP) is 2.24. The normalized spacial score (nSPS) is 10.5. The van der Waals surface area contributed by atoms with Crippen molar-refractivity contribution in [3.63, 3.8) is 0 Å². The molecule has 1 N–H and O–H groups in total. The van der Waals surface area contributed by atoms with E-state index in [0.717, 1.165) is 30.3 Å². The van der Waals surface area contributed by atoms with Gasteiger partial charge >= 0.3 is 0 Å². The lowest BCUT2D eigenvalue weighted by Gasteiger charge is -2.06. The lowest BCUT2D eigenvalue weighted by atomic mass is 10.1. The number of nitrogens with one attached hydrogen (secondary N) is 1. The van der Waals surface area contributed by atoms with Gasteiger partial charge in [0.15, 0.2) is 0 Å². The van der Waals surface area contributed by atoms with E-state index < -0.39 is 0 Å². The molecule has 0 aliphatic carbocycles. The number of hydrogen-bond donors (Lipinski definition) is 1. The summed E-state index contributed by atoms with van der Waals surface area (Å²) < 4.78 is 0. The monoisotopic (exact) mass is 179 g/mol. The van der Waals surface area contributed by atoms with Gasteiger partial charge in [-0.2, -0.15) is 5.10 Å². The summed E-state index contributed by atoms with van der Waals surface area (Å²) in [6.07, 6.45) is 2.92. The summed E-state index contributed by atoms with van der Waals surface area (Å²) in [5.74, 6) is 1.60. The minimum Gasteiger partial charge on any atom is -0.369 e. The van der Waals surface area contributed by atoms with E-state index in [9.17, 15) is 0 Å². The van der Waals surface area contributed by atoms with E-state index in [0.29, 0.717) is 0 Å². The van der Waals surface area contributed by atoms with E-state index in [1.807, 2.05) is 13.0 Å². The van der Waals surface area contributed by atoms with Crippen LogP contribution in [0.5, 0.6) is 0 Å². The van der Waals surface area contributed by atoms with E-state index in [-0.39, 0.29) is 0 Å². The molecular weight excluding hydrogens is 162 g/mol. The molecule has 0 fully saturated rings. The molecule has 0 atom stereocenters. The van der Waals surface area contributed by atoms with Crippen molar-refractivity contribution < 1.29 is 0 Å². The van der Waals surface area contributed by atoms with Crippen molar-refractivity contribution >= 4 is 5.82 Å². The Morgan fingerprint density at radius 1 is 1.46 bits per heavy atom.